The summed E-state index contributed by atoms with van der Waals surface area (Å²) >= 11 is 0. The van der Waals surface area contributed by atoms with Crippen LogP contribution in [0.15, 0.2) is 29.2 Å². The Balaban J connectivity index is 1.33. The second-order valence-electron chi connectivity index (χ2n) is 7.61. The molecule has 0 aliphatic carbocycles. The van der Waals surface area contributed by atoms with Gasteiger partial charge >= 0.3 is 5.69 Å². The molecule has 2 aromatic heterocycles. The maximum absolute atomic E-state index is 12.7. The topological polar surface area (TPSA) is 101 Å². The minimum atomic E-state index is -0.311. The van der Waals surface area contributed by atoms with E-state index in [0.717, 1.165) is 32.2 Å². The Bertz CT molecular complexity index is 914. The number of nitrogens with one attached hydrogen (secondary N) is 2. The molecule has 0 saturated carbocycles. The molecule has 2 atom stereocenters. The van der Waals surface area contributed by atoms with Gasteiger partial charge in [0, 0.05) is 25.8 Å². The number of hydrogen-bond donors (Lipinski definition) is 2. The first-order chi connectivity index (χ1) is 13.6. The lowest BCUT2D eigenvalue weighted by Gasteiger charge is -2.33. The zero-order chi connectivity index (χ0) is 19.5. The summed E-state index contributed by atoms with van der Waals surface area (Å²) in [6, 6.07) is 5.22. The minimum Gasteiger partial charge on any atom is -0.354 e. The number of carbonyl (C=O) groups excluding carboxylic acids is 2. The van der Waals surface area contributed by atoms with Crippen molar-refractivity contribution in [3.63, 3.8) is 0 Å². The van der Waals surface area contributed by atoms with Crippen LogP contribution in [0, 0.1) is 5.92 Å². The molecule has 0 spiro atoms. The second kappa shape index (κ2) is 8.14. The van der Waals surface area contributed by atoms with Gasteiger partial charge in [-0.3, -0.25) is 14.0 Å². The first-order valence-electron chi connectivity index (χ1n) is 9.95. The van der Waals surface area contributed by atoms with Crippen LogP contribution in [0.5, 0.6) is 0 Å². The normalized spacial score (nSPS) is 22.5. The molecule has 0 radical (unpaired) electrons. The van der Waals surface area contributed by atoms with E-state index in [-0.39, 0.29) is 36.0 Å². The number of rotatable bonds is 5. The molecule has 2 amide bonds. The minimum absolute atomic E-state index is 0.0530. The van der Waals surface area contributed by atoms with Gasteiger partial charge in [0.05, 0.1) is 6.04 Å². The number of aromatic nitrogens is 3. The number of likely N-dealkylation sites (tertiary alicyclic amines) is 1. The average Bonchev–Trinajstić information content (AvgIpc) is 3.36. The number of nitrogens with zero attached hydrogens (tertiary/aromatic N) is 4. The Morgan fingerprint density at radius 3 is 2.93 bits per heavy atom. The van der Waals surface area contributed by atoms with Crippen molar-refractivity contribution in [2.75, 3.05) is 26.2 Å². The fourth-order valence-electron chi connectivity index (χ4n) is 4.03. The molecule has 4 heterocycles. The van der Waals surface area contributed by atoms with Crippen LogP contribution < -0.4 is 16.3 Å². The van der Waals surface area contributed by atoms with E-state index >= 15 is 0 Å². The third-order valence-corrected chi connectivity index (χ3v) is 5.59. The molecular weight excluding hydrogens is 360 g/mol. The Labute approximate surface area is 162 Å². The van der Waals surface area contributed by atoms with Crippen LogP contribution in [-0.4, -0.2) is 63.1 Å². The lowest BCUT2D eigenvalue weighted by atomic mass is 9.97. The number of amides is 2. The molecule has 2 N–H and O–H groups in total. The van der Waals surface area contributed by atoms with Crippen LogP contribution in [0.4, 0.5) is 0 Å². The van der Waals surface area contributed by atoms with E-state index in [2.05, 4.69) is 15.7 Å². The van der Waals surface area contributed by atoms with Gasteiger partial charge in [-0.05, 0) is 50.3 Å². The molecule has 2 aliphatic heterocycles. The number of fused-ring (bicyclic) bond motifs is 1. The quantitative estimate of drug-likeness (QED) is 0.729. The van der Waals surface area contributed by atoms with Gasteiger partial charge in [0.15, 0.2) is 5.65 Å². The molecular formula is C19H26N6O3. The van der Waals surface area contributed by atoms with Crippen LogP contribution in [-0.2, 0) is 16.1 Å². The highest BCUT2D eigenvalue weighted by Gasteiger charge is 2.27. The molecule has 2 aromatic rings. The van der Waals surface area contributed by atoms with E-state index in [9.17, 15) is 14.4 Å². The van der Waals surface area contributed by atoms with Gasteiger partial charge in [-0.1, -0.05) is 6.07 Å². The zero-order valence-electron chi connectivity index (χ0n) is 15.8. The maximum atomic E-state index is 12.7. The van der Waals surface area contributed by atoms with E-state index in [0.29, 0.717) is 25.3 Å². The largest absolute Gasteiger partial charge is 0.354 e. The van der Waals surface area contributed by atoms with E-state index in [4.69, 9.17) is 0 Å². The van der Waals surface area contributed by atoms with Crippen molar-refractivity contribution >= 4 is 17.5 Å². The van der Waals surface area contributed by atoms with Crippen LogP contribution in [0.25, 0.3) is 5.65 Å². The Kier molecular flexibility index (Phi) is 5.43. The van der Waals surface area contributed by atoms with Crippen molar-refractivity contribution in [2.24, 2.45) is 5.92 Å². The summed E-state index contributed by atoms with van der Waals surface area (Å²) in [6.07, 6.45) is 5.44. The van der Waals surface area contributed by atoms with Crippen LogP contribution in [0.1, 0.15) is 25.7 Å². The summed E-state index contributed by atoms with van der Waals surface area (Å²) in [5.74, 6) is 0.178. The standard InChI is InChI=1S/C19H26N6O3/c26-17(13-25-19(28)24-10-2-1-7-16(24)22-25)23-9-4-5-14(12-23)11-21-18(27)15-6-3-8-20-15/h1-2,7,10,14-15,20H,3-6,8-9,11-13H2,(H,21,27). The van der Waals surface area contributed by atoms with Crippen molar-refractivity contribution in [1.29, 1.82) is 0 Å². The molecule has 9 heteroatoms. The zero-order valence-corrected chi connectivity index (χ0v) is 15.8. The summed E-state index contributed by atoms with van der Waals surface area (Å²) in [4.78, 5) is 39.0. The second-order valence-corrected chi connectivity index (χ2v) is 7.61. The molecule has 4 rings (SSSR count). The van der Waals surface area contributed by atoms with Crippen molar-refractivity contribution < 1.29 is 9.59 Å². The van der Waals surface area contributed by atoms with E-state index in [1.54, 1.807) is 29.3 Å². The van der Waals surface area contributed by atoms with Gasteiger partial charge in [0.2, 0.25) is 11.8 Å². The van der Waals surface area contributed by atoms with Gasteiger partial charge in [-0.25, -0.2) is 9.48 Å². The van der Waals surface area contributed by atoms with E-state index in [1.807, 2.05) is 0 Å². The van der Waals surface area contributed by atoms with E-state index < -0.39 is 0 Å². The molecule has 150 valence electrons. The molecule has 0 aromatic carbocycles. The average molecular weight is 386 g/mol. The number of piperidine rings is 1. The molecule has 0 bridgehead atoms. The summed E-state index contributed by atoms with van der Waals surface area (Å²) in [6.45, 7) is 2.68. The van der Waals surface area contributed by atoms with Crippen LogP contribution in [0.3, 0.4) is 0 Å². The summed E-state index contributed by atoms with van der Waals surface area (Å²) in [5, 5.41) is 10.4. The first-order valence-corrected chi connectivity index (χ1v) is 9.95. The Hall–Kier alpha value is -2.68. The molecule has 9 nitrogen and oxygen atoms in total. The summed E-state index contributed by atoms with van der Waals surface area (Å²) in [7, 11) is 0. The molecule has 2 fully saturated rings. The lowest BCUT2D eigenvalue weighted by molar-refractivity contribution is -0.133. The smallest absolute Gasteiger partial charge is 0.350 e. The number of carbonyl (C=O) groups is 2. The van der Waals surface area contributed by atoms with Crippen LogP contribution in [0.2, 0.25) is 0 Å². The third-order valence-electron chi connectivity index (χ3n) is 5.59. The van der Waals surface area contributed by atoms with Crippen molar-refractivity contribution in [1.82, 2.24) is 29.7 Å². The van der Waals surface area contributed by atoms with Crippen molar-refractivity contribution in [3.8, 4) is 0 Å². The molecule has 28 heavy (non-hydrogen) atoms. The highest BCUT2D eigenvalue weighted by Crippen LogP contribution is 2.16. The highest BCUT2D eigenvalue weighted by atomic mass is 16.2. The van der Waals surface area contributed by atoms with Crippen molar-refractivity contribution in [2.45, 2.75) is 38.3 Å². The molecule has 2 saturated heterocycles. The van der Waals surface area contributed by atoms with Gasteiger partial charge in [-0.2, -0.15) is 0 Å². The van der Waals surface area contributed by atoms with Crippen LogP contribution >= 0.6 is 0 Å². The summed E-state index contributed by atoms with van der Waals surface area (Å²) in [5.41, 5.74) is 0.217. The van der Waals surface area contributed by atoms with Gasteiger partial charge in [0.1, 0.15) is 6.54 Å². The van der Waals surface area contributed by atoms with Gasteiger partial charge in [-0.15, -0.1) is 5.10 Å². The number of pyridine rings is 1. The van der Waals surface area contributed by atoms with Crippen molar-refractivity contribution in [3.05, 3.63) is 34.9 Å². The first kappa shape index (κ1) is 18.7. The predicted octanol–water partition coefficient (Wildman–Crippen LogP) is -0.397. The maximum Gasteiger partial charge on any atom is 0.350 e. The Morgan fingerprint density at radius 2 is 2.14 bits per heavy atom. The third kappa shape index (κ3) is 3.94. The number of hydrogen-bond acceptors (Lipinski definition) is 5. The van der Waals surface area contributed by atoms with Gasteiger partial charge < -0.3 is 15.5 Å². The van der Waals surface area contributed by atoms with Gasteiger partial charge in [0.25, 0.3) is 0 Å². The summed E-state index contributed by atoms with van der Waals surface area (Å²) < 4.78 is 2.65. The fraction of sp³-hybridized carbons (Fsp3) is 0.579. The monoisotopic (exact) mass is 386 g/mol. The Morgan fingerprint density at radius 1 is 1.25 bits per heavy atom. The highest BCUT2D eigenvalue weighted by molar-refractivity contribution is 5.82. The predicted molar refractivity (Wildman–Crippen MR) is 103 cm³/mol. The molecule has 2 unspecified atom stereocenters. The van der Waals surface area contributed by atoms with E-state index in [1.165, 1.54) is 9.08 Å². The SMILES string of the molecule is O=C(NCC1CCCN(C(=O)Cn2nc3ccccn3c2=O)C1)C1CCCN1. The lowest BCUT2D eigenvalue weighted by Crippen LogP contribution is -2.47. The molecule has 2 aliphatic rings. The fourth-order valence-corrected chi connectivity index (χ4v) is 4.03.